The van der Waals surface area contributed by atoms with Crippen molar-refractivity contribution in [2.45, 2.75) is 58.7 Å². The molecule has 2 N–H and O–H groups in total. The third-order valence-corrected chi connectivity index (χ3v) is 3.49. The highest BCUT2D eigenvalue weighted by Gasteiger charge is 2.09. The zero-order chi connectivity index (χ0) is 15.0. The fraction of sp³-hybridized carbons (Fsp3) is 0.647. The van der Waals surface area contributed by atoms with Crippen LogP contribution in [0.4, 0.5) is 0 Å². The van der Waals surface area contributed by atoms with Crippen LogP contribution in [0, 0.1) is 5.92 Å². The van der Waals surface area contributed by atoms with Gasteiger partial charge in [0.2, 0.25) is 0 Å². The van der Waals surface area contributed by atoms with Gasteiger partial charge in [-0.2, -0.15) is 0 Å². The van der Waals surface area contributed by atoms with Gasteiger partial charge in [-0.25, -0.2) is 0 Å². The van der Waals surface area contributed by atoms with Crippen LogP contribution in [0.5, 0.6) is 5.75 Å². The lowest BCUT2D eigenvalue weighted by atomic mass is 10.0. The van der Waals surface area contributed by atoms with Gasteiger partial charge < -0.3 is 14.9 Å². The highest BCUT2D eigenvalue weighted by atomic mass is 16.5. The molecular formula is C17H28O3. The van der Waals surface area contributed by atoms with E-state index >= 15 is 0 Å². The Kier molecular flexibility index (Phi) is 7.63. The second-order valence-electron chi connectivity index (χ2n) is 5.68. The quantitative estimate of drug-likeness (QED) is 0.678. The van der Waals surface area contributed by atoms with E-state index in [9.17, 15) is 10.2 Å². The zero-order valence-corrected chi connectivity index (χ0v) is 12.9. The van der Waals surface area contributed by atoms with Crippen LogP contribution < -0.4 is 4.74 Å². The number of aliphatic hydroxyl groups is 2. The van der Waals surface area contributed by atoms with Crippen molar-refractivity contribution in [3.8, 4) is 5.75 Å². The van der Waals surface area contributed by atoms with Gasteiger partial charge in [-0.15, -0.1) is 0 Å². The molecule has 0 saturated heterocycles. The van der Waals surface area contributed by atoms with Crippen LogP contribution in [0.15, 0.2) is 24.3 Å². The van der Waals surface area contributed by atoms with Crippen molar-refractivity contribution in [2.24, 2.45) is 5.92 Å². The molecule has 1 aromatic rings. The van der Waals surface area contributed by atoms with Gasteiger partial charge in [-0.05, 0) is 42.9 Å². The van der Waals surface area contributed by atoms with E-state index in [1.54, 1.807) is 0 Å². The Labute approximate surface area is 122 Å². The summed E-state index contributed by atoms with van der Waals surface area (Å²) in [5, 5.41) is 19.7. The molecule has 2 atom stereocenters. The Morgan fingerprint density at radius 3 is 2.55 bits per heavy atom. The topological polar surface area (TPSA) is 49.7 Å². The van der Waals surface area contributed by atoms with Crippen LogP contribution in [0.3, 0.4) is 0 Å². The molecular weight excluding hydrogens is 252 g/mol. The third kappa shape index (κ3) is 5.93. The summed E-state index contributed by atoms with van der Waals surface area (Å²) in [7, 11) is 0. The van der Waals surface area contributed by atoms with E-state index in [-0.39, 0.29) is 6.10 Å². The van der Waals surface area contributed by atoms with Crippen LogP contribution in [-0.4, -0.2) is 22.9 Å². The second-order valence-corrected chi connectivity index (χ2v) is 5.68. The van der Waals surface area contributed by atoms with Crippen molar-refractivity contribution in [1.82, 2.24) is 0 Å². The number of rotatable bonds is 9. The molecule has 3 nitrogen and oxygen atoms in total. The van der Waals surface area contributed by atoms with Gasteiger partial charge in [0.1, 0.15) is 5.75 Å². The maximum Gasteiger partial charge on any atom is 0.119 e. The lowest BCUT2D eigenvalue weighted by Crippen LogP contribution is -2.15. The van der Waals surface area contributed by atoms with Gasteiger partial charge in [0.25, 0.3) is 0 Å². The molecule has 0 radical (unpaired) electrons. The Morgan fingerprint density at radius 2 is 1.90 bits per heavy atom. The first-order valence-electron chi connectivity index (χ1n) is 7.63. The standard InChI is InChI=1S/C17H28O3/c1-4-7-17(19)14-8-5-9-15(12-14)20-11-6-10-16(18)13(2)3/h5,8-9,12-13,16-19H,4,6-7,10-11H2,1-3H3. The monoisotopic (exact) mass is 280 g/mol. The van der Waals surface area contributed by atoms with Crippen LogP contribution in [0.2, 0.25) is 0 Å². The maximum atomic E-state index is 9.96. The van der Waals surface area contributed by atoms with Gasteiger partial charge in [-0.3, -0.25) is 0 Å². The summed E-state index contributed by atoms with van der Waals surface area (Å²) in [6.45, 7) is 6.69. The first-order valence-corrected chi connectivity index (χ1v) is 7.63. The van der Waals surface area contributed by atoms with Crippen molar-refractivity contribution in [1.29, 1.82) is 0 Å². The molecule has 3 heteroatoms. The fourth-order valence-corrected chi connectivity index (χ4v) is 2.07. The number of hydrogen-bond acceptors (Lipinski definition) is 3. The molecule has 114 valence electrons. The van der Waals surface area contributed by atoms with Crippen molar-refractivity contribution >= 4 is 0 Å². The summed E-state index contributed by atoms with van der Waals surface area (Å²) in [5.74, 6) is 1.08. The number of hydrogen-bond donors (Lipinski definition) is 2. The van der Waals surface area contributed by atoms with E-state index < -0.39 is 6.10 Å². The molecule has 2 unspecified atom stereocenters. The molecule has 0 aromatic heterocycles. The third-order valence-electron chi connectivity index (χ3n) is 3.49. The van der Waals surface area contributed by atoms with E-state index in [0.717, 1.165) is 37.0 Å². The minimum atomic E-state index is -0.411. The molecule has 0 saturated carbocycles. The van der Waals surface area contributed by atoms with Gasteiger partial charge in [0, 0.05) is 0 Å². The van der Waals surface area contributed by atoms with Crippen molar-refractivity contribution in [3.63, 3.8) is 0 Å². The van der Waals surface area contributed by atoms with Gasteiger partial charge in [0.05, 0.1) is 18.8 Å². The fourth-order valence-electron chi connectivity index (χ4n) is 2.07. The molecule has 1 rings (SSSR count). The van der Waals surface area contributed by atoms with E-state index in [4.69, 9.17) is 4.74 Å². The predicted molar refractivity (Wildman–Crippen MR) is 81.9 cm³/mol. The average Bonchev–Trinajstić information content (AvgIpc) is 2.43. The van der Waals surface area contributed by atoms with Gasteiger partial charge in [0.15, 0.2) is 0 Å². The van der Waals surface area contributed by atoms with Gasteiger partial charge in [-0.1, -0.05) is 39.3 Å². The molecule has 0 aliphatic heterocycles. The van der Waals surface area contributed by atoms with Crippen molar-refractivity contribution in [2.75, 3.05) is 6.61 Å². The highest BCUT2D eigenvalue weighted by molar-refractivity contribution is 5.29. The second kappa shape index (κ2) is 8.98. The molecule has 0 aliphatic carbocycles. The molecule has 1 aromatic carbocycles. The Balaban J connectivity index is 2.39. The lowest BCUT2D eigenvalue weighted by molar-refractivity contribution is 0.108. The minimum absolute atomic E-state index is 0.253. The molecule has 0 fully saturated rings. The summed E-state index contributed by atoms with van der Waals surface area (Å²) >= 11 is 0. The maximum absolute atomic E-state index is 9.96. The number of ether oxygens (including phenoxy) is 1. The first kappa shape index (κ1) is 17.0. The summed E-state index contributed by atoms with van der Waals surface area (Å²) in [4.78, 5) is 0. The molecule has 0 amide bonds. The average molecular weight is 280 g/mol. The molecule has 0 spiro atoms. The van der Waals surface area contributed by atoms with Crippen LogP contribution in [-0.2, 0) is 0 Å². The van der Waals surface area contributed by atoms with Crippen LogP contribution in [0.1, 0.15) is 58.1 Å². The van der Waals surface area contributed by atoms with Crippen LogP contribution >= 0.6 is 0 Å². The van der Waals surface area contributed by atoms with Crippen molar-refractivity contribution < 1.29 is 14.9 Å². The Hall–Kier alpha value is -1.06. The summed E-state index contributed by atoms with van der Waals surface area (Å²) < 4.78 is 5.68. The van der Waals surface area contributed by atoms with E-state index in [1.165, 1.54) is 0 Å². The largest absolute Gasteiger partial charge is 0.494 e. The van der Waals surface area contributed by atoms with Gasteiger partial charge >= 0.3 is 0 Å². The number of aliphatic hydroxyl groups excluding tert-OH is 2. The molecule has 0 heterocycles. The summed E-state index contributed by atoms with van der Waals surface area (Å²) in [5.41, 5.74) is 0.909. The normalized spacial score (nSPS) is 14.3. The zero-order valence-electron chi connectivity index (χ0n) is 12.9. The number of benzene rings is 1. The predicted octanol–water partition coefficient (Wildman–Crippen LogP) is 3.70. The first-order chi connectivity index (χ1) is 9.54. The van der Waals surface area contributed by atoms with Crippen LogP contribution in [0.25, 0.3) is 0 Å². The highest BCUT2D eigenvalue weighted by Crippen LogP contribution is 2.22. The summed E-state index contributed by atoms with van der Waals surface area (Å²) in [6.07, 6.45) is 2.66. The SMILES string of the molecule is CCCC(O)c1cccc(OCCCC(O)C(C)C)c1. The molecule has 0 bridgehead atoms. The minimum Gasteiger partial charge on any atom is -0.494 e. The lowest BCUT2D eigenvalue weighted by Gasteiger charge is -2.15. The Bertz CT molecular complexity index is 376. The van der Waals surface area contributed by atoms with Crippen molar-refractivity contribution in [3.05, 3.63) is 29.8 Å². The molecule has 0 aliphatic rings. The Morgan fingerprint density at radius 1 is 1.15 bits per heavy atom. The van der Waals surface area contributed by atoms with E-state index in [2.05, 4.69) is 6.92 Å². The summed E-state index contributed by atoms with van der Waals surface area (Å²) in [6, 6.07) is 7.64. The molecule has 20 heavy (non-hydrogen) atoms. The van der Waals surface area contributed by atoms with E-state index in [0.29, 0.717) is 12.5 Å². The smallest absolute Gasteiger partial charge is 0.119 e. The van der Waals surface area contributed by atoms with E-state index in [1.807, 2.05) is 38.1 Å².